The van der Waals surface area contributed by atoms with E-state index >= 15 is 0 Å². The molecule has 0 saturated carbocycles. The average Bonchev–Trinajstić information content (AvgIpc) is 3.28. The molecule has 25 heavy (non-hydrogen) atoms. The van der Waals surface area contributed by atoms with E-state index in [2.05, 4.69) is 15.2 Å². The van der Waals surface area contributed by atoms with Gasteiger partial charge in [-0.2, -0.15) is 0 Å². The lowest BCUT2D eigenvalue weighted by Crippen LogP contribution is -2.42. The maximum absolute atomic E-state index is 10.4. The fourth-order valence-corrected chi connectivity index (χ4v) is 4.68. The quantitative estimate of drug-likeness (QED) is 0.399. The molecule has 5 nitrogen and oxygen atoms in total. The van der Waals surface area contributed by atoms with Gasteiger partial charge in [-0.3, -0.25) is 4.99 Å². The van der Waals surface area contributed by atoms with Gasteiger partial charge in [-0.25, -0.2) is 0 Å². The van der Waals surface area contributed by atoms with Crippen LogP contribution < -0.4 is 5.32 Å². The summed E-state index contributed by atoms with van der Waals surface area (Å²) >= 11 is 5.99. The third-order valence-corrected chi connectivity index (χ3v) is 5.89. The number of aliphatic imine (C=N–C) groups is 1. The molecule has 1 aromatic rings. The molecule has 2 bridgehead atoms. The second-order valence-corrected chi connectivity index (χ2v) is 7.46. The molecule has 3 saturated heterocycles. The zero-order chi connectivity index (χ0) is 16.7. The van der Waals surface area contributed by atoms with Crippen LogP contribution in [0.3, 0.4) is 0 Å². The first-order valence-corrected chi connectivity index (χ1v) is 9.08. The smallest absolute Gasteiger partial charge is 0.193 e. The molecular weight excluding hydrogens is 453 g/mol. The van der Waals surface area contributed by atoms with Gasteiger partial charge in [0.15, 0.2) is 5.96 Å². The minimum absolute atomic E-state index is 0. The van der Waals surface area contributed by atoms with E-state index in [1.165, 1.54) is 12.8 Å². The van der Waals surface area contributed by atoms with Gasteiger partial charge in [0.05, 0.1) is 18.3 Å². The van der Waals surface area contributed by atoms with Crippen molar-refractivity contribution in [1.29, 1.82) is 0 Å². The Morgan fingerprint density at radius 2 is 2.04 bits per heavy atom. The van der Waals surface area contributed by atoms with Gasteiger partial charge >= 0.3 is 0 Å². The number of guanidine groups is 1. The van der Waals surface area contributed by atoms with E-state index in [0.717, 1.165) is 24.6 Å². The number of nitrogens with one attached hydrogen (secondary N) is 1. The molecule has 3 fully saturated rings. The number of nitrogens with zero attached hydrogens (tertiary/aromatic N) is 2. The van der Waals surface area contributed by atoms with E-state index in [-0.39, 0.29) is 24.0 Å². The van der Waals surface area contributed by atoms with Gasteiger partial charge in [-0.15, -0.1) is 24.0 Å². The number of benzene rings is 1. The molecule has 1 aromatic carbocycles. The van der Waals surface area contributed by atoms with Crippen molar-refractivity contribution in [3.05, 3.63) is 34.9 Å². The van der Waals surface area contributed by atoms with Crippen molar-refractivity contribution >= 4 is 41.5 Å². The number of aliphatic hydroxyl groups excluding tert-OH is 1. The lowest BCUT2D eigenvalue weighted by atomic mass is 9.82. The highest BCUT2D eigenvalue weighted by atomic mass is 127. The highest BCUT2D eigenvalue weighted by Gasteiger charge is 2.53. The summed E-state index contributed by atoms with van der Waals surface area (Å²) < 4.78 is 6.03. The van der Waals surface area contributed by atoms with Gasteiger partial charge in [-0.05, 0) is 30.5 Å². The second-order valence-electron chi connectivity index (χ2n) is 7.02. The summed E-state index contributed by atoms with van der Waals surface area (Å²) in [6.45, 7) is 2.42. The standard InChI is InChI=1S/C18H24ClN3O2.HI/c1-20-18(21-8-15(23)11-3-2-4-12(19)7-11)22-9-13-14(10-22)17-6-5-16(13)24-17;/h2-4,7,13-17,23H,5-6,8-10H2,1H3,(H,20,21);1H. The average molecular weight is 478 g/mol. The molecule has 138 valence electrons. The first-order chi connectivity index (χ1) is 11.7. The second kappa shape index (κ2) is 7.98. The number of ether oxygens (including phenoxy) is 1. The van der Waals surface area contributed by atoms with Crippen LogP contribution in [0.5, 0.6) is 0 Å². The molecule has 3 aliphatic rings. The molecule has 4 rings (SSSR count). The van der Waals surface area contributed by atoms with E-state index in [4.69, 9.17) is 16.3 Å². The minimum atomic E-state index is -0.609. The predicted molar refractivity (Wildman–Crippen MR) is 110 cm³/mol. The Balaban J connectivity index is 0.00000182. The lowest BCUT2D eigenvalue weighted by Gasteiger charge is -2.24. The van der Waals surface area contributed by atoms with E-state index in [1.54, 1.807) is 13.1 Å². The van der Waals surface area contributed by atoms with Crippen molar-refractivity contribution in [2.24, 2.45) is 16.8 Å². The zero-order valence-electron chi connectivity index (χ0n) is 14.3. The van der Waals surface area contributed by atoms with E-state index in [9.17, 15) is 5.11 Å². The first kappa shape index (κ1) is 19.2. The monoisotopic (exact) mass is 477 g/mol. The summed E-state index contributed by atoms with van der Waals surface area (Å²) in [4.78, 5) is 6.72. The van der Waals surface area contributed by atoms with Crippen molar-refractivity contribution in [3.63, 3.8) is 0 Å². The number of hydrogen-bond donors (Lipinski definition) is 2. The van der Waals surface area contributed by atoms with Crippen molar-refractivity contribution in [2.45, 2.75) is 31.2 Å². The highest BCUT2D eigenvalue weighted by molar-refractivity contribution is 14.0. The van der Waals surface area contributed by atoms with Gasteiger partial charge in [0.2, 0.25) is 0 Å². The van der Waals surface area contributed by atoms with Crippen LogP contribution >= 0.6 is 35.6 Å². The topological polar surface area (TPSA) is 57.1 Å². The number of aliphatic hydroxyl groups is 1. The maximum atomic E-state index is 10.4. The number of likely N-dealkylation sites (tertiary alicyclic amines) is 1. The SMILES string of the molecule is CN=C(NCC(O)c1cccc(Cl)c1)N1CC2C3CCC(O3)C2C1.I. The van der Waals surface area contributed by atoms with Gasteiger partial charge < -0.3 is 20.1 Å². The van der Waals surface area contributed by atoms with Gasteiger partial charge in [0.25, 0.3) is 0 Å². The molecular formula is C18H25ClIN3O2. The van der Waals surface area contributed by atoms with Gasteiger partial charge in [0, 0.05) is 43.5 Å². The van der Waals surface area contributed by atoms with Crippen molar-refractivity contribution < 1.29 is 9.84 Å². The normalized spacial score (nSPS) is 31.6. The Kier molecular flexibility index (Phi) is 6.13. The summed E-state index contributed by atoms with van der Waals surface area (Å²) in [5, 5.41) is 14.3. The Labute approximate surface area is 170 Å². The van der Waals surface area contributed by atoms with E-state index in [1.807, 2.05) is 18.2 Å². The van der Waals surface area contributed by atoms with Crippen molar-refractivity contribution in [3.8, 4) is 0 Å². The predicted octanol–water partition coefficient (Wildman–Crippen LogP) is 2.68. The Morgan fingerprint density at radius 3 is 2.64 bits per heavy atom. The first-order valence-electron chi connectivity index (χ1n) is 8.70. The summed E-state index contributed by atoms with van der Waals surface area (Å²) in [7, 11) is 1.80. The van der Waals surface area contributed by atoms with Gasteiger partial charge in [-0.1, -0.05) is 23.7 Å². The van der Waals surface area contributed by atoms with Gasteiger partial charge in [0.1, 0.15) is 0 Å². The molecule has 0 aliphatic carbocycles. The summed E-state index contributed by atoms with van der Waals surface area (Å²) in [6, 6.07) is 7.35. The van der Waals surface area contributed by atoms with Crippen molar-refractivity contribution in [1.82, 2.24) is 10.2 Å². The molecule has 5 unspecified atom stereocenters. The van der Waals surface area contributed by atoms with Crippen LogP contribution in [0.2, 0.25) is 5.02 Å². The molecule has 2 N–H and O–H groups in total. The summed E-state index contributed by atoms with van der Waals surface area (Å²) in [6.07, 6.45) is 2.70. The van der Waals surface area contributed by atoms with E-state index in [0.29, 0.717) is 35.6 Å². The largest absolute Gasteiger partial charge is 0.387 e. The molecule has 5 atom stereocenters. The molecule has 7 heteroatoms. The maximum Gasteiger partial charge on any atom is 0.193 e. The van der Waals surface area contributed by atoms with Crippen LogP contribution in [-0.2, 0) is 4.74 Å². The Bertz CT molecular complexity index is 627. The third kappa shape index (κ3) is 3.77. The Hall–Kier alpha value is -0.570. The number of rotatable bonds is 3. The molecule has 0 amide bonds. The molecule has 0 spiro atoms. The zero-order valence-corrected chi connectivity index (χ0v) is 17.4. The molecule has 0 aromatic heterocycles. The summed E-state index contributed by atoms with van der Waals surface area (Å²) in [5.74, 6) is 2.14. The minimum Gasteiger partial charge on any atom is -0.387 e. The van der Waals surface area contributed by atoms with Crippen LogP contribution in [0, 0.1) is 11.8 Å². The van der Waals surface area contributed by atoms with Crippen LogP contribution in [0.4, 0.5) is 0 Å². The lowest BCUT2D eigenvalue weighted by molar-refractivity contribution is 0.0766. The van der Waals surface area contributed by atoms with Crippen LogP contribution in [0.1, 0.15) is 24.5 Å². The fourth-order valence-electron chi connectivity index (χ4n) is 4.48. The molecule has 3 aliphatic heterocycles. The van der Waals surface area contributed by atoms with Crippen LogP contribution in [-0.4, -0.2) is 54.9 Å². The third-order valence-electron chi connectivity index (χ3n) is 5.65. The molecule has 0 radical (unpaired) electrons. The Morgan fingerprint density at radius 1 is 1.36 bits per heavy atom. The summed E-state index contributed by atoms with van der Waals surface area (Å²) in [5.41, 5.74) is 0.815. The van der Waals surface area contributed by atoms with Crippen LogP contribution in [0.15, 0.2) is 29.3 Å². The van der Waals surface area contributed by atoms with Crippen LogP contribution in [0.25, 0.3) is 0 Å². The highest BCUT2D eigenvalue weighted by Crippen LogP contribution is 2.47. The van der Waals surface area contributed by atoms with Crippen molar-refractivity contribution in [2.75, 3.05) is 26.7 Å². The molecule has 3 heterocycles. The number of halogens is 2. The fraction of sp³-hybridized carbons (Fsp3) is 0.611. The number of hydrogen-bond acceptors (Lipinski definition) is 3. The van der Waals surface area contributed by atoms with E-state index < -0.39 is 6.10 Å². The number of fused-ring (bicyclic) bond motifs is 5.